The molecule has 0 radical (unpaired) electrons. The summed E-state index contributed by atoms with van der Waals surface area (Å²) in [4.78, 5) is 26.7. The van der Waals surface area contributed by atoms with E-state index in [0.717, 1.165) is 24.9 Å². The Morgan fingerprint density at radius 2 is 2.08 bits per heavy atom. The van der Waals surface area contributed by atoms with Crippen LogP contribution in [0.3, 0.4) is 0 Å². The summed E-state index contributed by atoms with van der Waals surface area (Å²) in [5.41, 5.74) is 1.61. The van der Waals surface area contributed by atoms with Crippen molar-refractivity contribution in [2.24, 2.45) is 7.05 Å². The summed E-state index contributed by atoms with van der Waals surface area (Å²) in [6.45, 7) is 0.855. The van der Waals surface area contributed by atoms with Crippen LogP contribution in [0.4, 0.5) is 0 Å². The molecule has 1 atom stereocenters. The summed E-state index contributed by atoms with van der Waals surface area (Å²) in [5.74, 6) is 0.00709. The van der Waals surface area contributed by atoms with E-state index in [2.05, 4.69) is 10.2 Å². The van der Waals surface area contributed by atoms with E-state index in [1.807, 2.05) is 42.5 Å². The quantitative estimate of drug-likeness (QED) is 0.726. The van der Waals surface area contributed by atoms with E-state index < -0.39 is 0 Å². The molecule has 1 saturated heterocycles. The molecule has 4 rings (SSSR count). The first kappa shape index (κ1) is 15.6. The Labute approximate surface area is 144 Å². The van der Waals surface area contributed by atoms with Gasteiger partial charge in [0.1, 0.15) is 6.54 Å². The molecule has 25 heavy (non-hydrogen) atoms. The van der Waals surface area contributed by atoms with Gasteiger partial charge >= 0.3 is 0 Å². The number of benzene rings is 1. The molecule has 7 nitrogen and oxygen atoms in total. The number of hydrogen-bond donors (Lipinski definition) is 0. The van der Waals surface area contributed by atoms with Gasteiger partial charge < -0.3 is 4.90 Å². The second-order valence-electron chi connectivity index (χ2n) is 6.38. The number of amides is 1. The fourth-order valence-electron chi connectivity index (χ4n) is 3.53. The van der Waals surface area contributed by atoms with Crippen molar-refractivity contribution in [2.75, 3.05) is 6.54 Å². The zero-order valence-electron chi connectivity index (χ0n) is 14.0. The molecule has 0 spiro atoms. The number of para-hydroxylation sites is 1. The van der Waals surface area contributed by atoms with Crippen molar-refractivity contribution in [1.29, 1.82) is 0 Å². The molecule has 1 aliphatic heterocycles. The lowest BCUT2D eigenvalue weighted by atomic mass is 10.1. The number of likely N-dealkylation sites (tertiary alicyclic amines) is 1. The lowest BCUT2D eigenvalue weighted by Crippen LogP contribution is -2.34. The van der Waals surface area contributed by atoms with Crippen LogP contribution in [-0.4, -0.2) is 36.9 Å². The Bertz CT molecular complexity index is 990. The largest absolute Gasteiger partial charge is 0.334 e. The Morgan fingerprint density at radius 1 is 1.24 bits per heavy atom. The number of rotatable bonds is 3. The molecule has 3 aromatic rings. The Balaban J connectivity index is 1.62. The molecule has 1 amide bonds. The van der Waals surface area contributed by atoms with Gasteiger partial charge in [-0.15, -0.1) is 0 Å². The maximum Gasteiger partial charge on any atom is 0.244 e. The van der Waals surface area contributed by atoms with Crippen molar-refractivity contribution < 1.29 is 4.79 Å². The first-order valence-electron chi connectivity index (χ1n) is 8.36. The van der Waals surface area contributed by atoms with E-state index in [1.54, 1.807) is 15.4 Å². The predicted octanol–water partition coefficient (Wildman–Crippen LogP) is 1.49. The van der Waals surface area contributed by atoms with Gasteiger partial charge in [-0.1, -0.05) is 12.1 Å². The van der Waals surface area contributed by atoms with Crippen LogP contribution in [0.2, 0.25) is 0 Å². The molecule has 0 unspecified atom stereocenters. The third-order valence-corrected chi connectivity index (χ3v) is 4.73. The highest BCUT2D eigenvalue weighted by Gasteiger charge is 2.31. The van der Waals surface area contributed by atoms with Gasteiger partial charge in [-0.3, -0.25) is 19.0 Å². The molecular formula is C18H19N5O2. The molecule has 7 heteroatoms. The van der Waals surface area contributed by atoms with E-state index in [1.165, 1.54) is 6.20 Å². The molecule has 1 aliphatic rings. The van der Waals surface area contributed by atoms with E-state index >= 15 is 0 Å². The Hall–Kier alpha value is -2.96. The summed E-state index contributed by atoms with van der Waals surface area (Å²) in [7, 11) is 1.88. The van der Waals surface area contributed by atoms with Crippen molar-refractivity contribution >= 4 is 16.8 Å². The van der Waals surface area contributed by atoms with Gasteiger partial charge in [-0.05, 0) is 25.0 Å². The first-order chi connectivity index (χ1) is 12.1. The summed E-state index contributed by atoms with van der Waals surface area (Å²) < 4.78 is 3.37. The second kappa shape index (κ2) is 6.16. The first-order valence-corrected chi connectivity index (χ1v) is 8.36. The van der Waals surface area contributed by atoms with Crippen molar-refractivity contribution in [3.63, 3.8) is 0 Å². The Kier molecular flexibility index (Phi) is 3.83. The van der Waals surface area contributed by atoms with Gasteiger partial charge in [-0.25, -0.2) is 0 Å². The number of fused-ring (bicyclic) bond motifs is 1. The zero-order chi connectivity index (χ0) is 17.4. The van der Waals surface area contributed by atoms with Gasteiger partial charge in [-0.2, -0.15) is 10.2 Å². The maximum atomic E-state index is 12.9. The van der Waals surface area contributed by atoms with Crippen LogP contribution in [0.5, 0.6) is 0 Å². The van der Waals surface area contributed by atoms with Gasteiger partial charge in [0.2, 0.25) is 11.3 Å². The van der Waals surface area contributed by atoms with Crippen molar-refractivity contribution in [1.82, 2.24) is 24.5 Å². The summed E-state index contributed by atoms with van der Waals surface area (Å²) in [6, 6.07) is 7.30. The maximum absolute atomic E-state index is 12.9. The average molecular weight is 337 g/mol. The standard InChI is InChI=1S/C18H19N5O2/c1-21-11-13(9-19-21)15-7-4-8-22(15)18(25)12-23-16-6-3-2-5-14(16)17(24)10-20-23/h2-3,5-6,9-11,15H,4,7-8,12H2,1H3/t15-/m1/s1. The van der Waals surface area contributed by atoms with Crippen molar-refractivity contribution in [2.45, 2.75) is 25.4 Å². The van der Waals surface area contributed by atoms with E-state index in [9.17, 15) is 9.59 Å². The number of hydrogen-bond acceptors (Lipinski definition) is 4. The zero-order valence-corrected chi connectivity index (χ0v) is 14.0. The molecule has 0 saturated carbocycles. The minimum atomic E-state index is -0.131. The summed E-state index contributed by atoms with van der Waals surface area (Å²) >= 11 is 0. The van der Waals surface area contributed by atoms with Gasteiger partial charge in [0.15, 0.2) is 0 Å². The fourth-order valence-corrected chi connectivity index (χ4v) is 3.53. The van der Waals surface area contributed by atoms with Crippen molar-refractivity contribution in [3.05, 3.63) is 58.6 Å². The second-order valence-corrected chi connectivity index (χ2v) is 6.38. The highest BCUT2D eigenvalue weighted by atomic mass is 16.2. The van der Waals surface area contributed by atoms with Crippen LogP contribution in [0, 0.1) is 0 Å². The molecule has 2 aromatic heterocycles. The van der Waals surface area contributed by atoms with Gasteiger partial charge in [0.05, 0.1) is 24.0 Å². The lowest BCUT2D eigenvalue weighted by molar-refractivity contribution is -0.132. The molecule has 3 heterocycles. The van der Waals surface area contributed by atoms with Crippen LogP contribution < -0.4 is 5.43 Å². The van der Waals surface area contributed by atoms with Crippen LogP contribution in [0.15, 0.2) is 47.7 Å². The van der Waals surface area contributed by atoms with Crippen LogP contribution in [0.25, 0.3) is 10.9 Å². The van der Waals surface area contributed by atoms with E-state index in [0.29, 0.717) is 10.9 Å². The van der Waals surface area contributed by atoms with E-state index in [-0.39, 0.29) is 23.9 Å². The fraction of sp³-hybridized carbons (Fsp3) is 0.333. The molecule has 1 aromatic carbocycles. The molecule has 1 fully saturated rings. The number of aryl methyl sites for hydroxylation is 1. The normalized spacial score (nSPS) is 17.3. The smallest absolute Gasteiger partial charge is 0.244 e. The molecule has 0 aliphatic carbocycles. The third kappa shape index (κ3) is 2.82. The van der Waals surface area contributed by atoms with Crippen LogP contribution in [-0.2, 0) is 18.4 Å². The van der Waals surface area contributed by atoms with Gasteiger partial charge in [0, 0.05) is 30.7 Å². The molecule has 0 bridgehead atoms. The molecule has 128 valence electrons. The van der Waals surface area contributed by atoms with Crippen LogP contribution in [0.1, 0.15) is 24.4 Å². The van der Waals surface area contributed by atoms with Gasteiger partial charge in [0.25, 0.3) is 0 Å². The van der Waals surface area contributed by atoms with Crippen molar-refractivity contribution in [3.8, 4) is 0 Å². The topological polar surface area (TPSA) is 73.0 Å². The summed E-state index contributed by atoms with van der Waals surface area (Å²) in [5, 5.41) is 8.96. The average Bonchev–Trinajstić information content (AvgIpc) is 3.26. The Morgan fingerprint density at radius 3 is 2.88 bits per heavy atom. The minimum Gasteiger partial charge on any atom is -0.334 e. The van der Waals surface area contributed by atoms with E-state index in [4.69, 9.17) is 0 Å². The number of carbonyl (C=O) groups is 1. The predicted molar refractivity (Wildman–Crippen MR) is 92.9 cm³/mol. The molecular weight excluding hydrogens is 318 g/mol. The molecule has 0 N–H and O–H groups in total. The number of carbonyl (C=O) groups excluding carboxylic acids is 1. The SMILES string of the molecule is Cn1cc([C@H]2CCCN2C(=O)Cn2ncc(=O)c3ccccc32)cn1. The highest BCUT2D eigenvalue weighted by molar-refractivity contribution is 5.81. The third-order valence-electron chi connectivity index (χ3n) is 4.73. The monoisotopic (exact) mass is 337 g/mol. The van der Waals surface area contributed by atoms with Crippen LogP contribution >= 0.6 is 0 Å². The number of aromatic nitrogens is 4. The number of nitrogens with zero attached hydrogens (tertiary/aromatic N) is 5. The lowest BCUT2D eigenvalue weighted by Gasteiger charge is -2.24. The summed E-state index contributed by atoms with van der Waals surface area (Å²) in [6.07, 6.45) is 6.98. The highest BCUT2D eigenvalue weighted by Crippen LogP contribution is 2.31. The minimum absolute atomic E-state index is 0.00709.